The zero-order valence-corrected chi connectivity index (χ0v) is 14.1. The van der Waals surface area contributed by atoms with Gasteiger partial charge in [0, 0.05) is 13.1 Å². The monoisotopic (exact) mass is 406 g/mol. The highest BCUT2D eigenvalue weighted by Gasteiger charge is 2.74. The second kappa shape index (κ2) is 6.09. The molecule has 1 N–H and O–H groups in total. The zero-order chi connectivity index (χ0) is 18.3. The highest BCUT2D eigenvalue weighted by molar-refractivity contribution is 8.05. The number of nitrogens with zero attached hydrogens (tertiary/aromatic N) is 1. The molecule has 8 nitrogen and oxygen atoms in total. The van der Waals surface area contributed by atoms with Gasteiger partial charge in [-0.25, -0.2) is 25.3 Å². The summed E-state index contributed by atoms with van der Waals surface area (Å²) < 4.78 is 123. The Bertz CT molecular complexity index is 756. The molecule has 15 heteroatoms. The van der Waals surface area contributed by atoms with E-state index in [4.69, 9.17) is 0 Å². The smallest absolute Gasteiger partial charge is 0.212 e. The van der Waals surface area contributed by atoms with Crippen LogP contribution in [0.4, 0.5) is 17.6 Å². The van der Waals surface area contributed by atoms with Gasteiger partial charge in [0.1, 0.15) is 0 Å². The zero-order valence-electron chi connectivity index (χ0n) is 11.7. The van der Waals surface area contributed by atoms with Crippen molar-refractivity contribution in [1.82, 2.24) is 8.43 Å². The standard InChI is InChI=1S/C8H14F4N2O6S3/c1-21(15,16)13-22(17,18)7(9,10)8(11,12)23(19,20)14-5-3-2-4-6-14/h13H,2-6H2,1H3. The molecule has 23 heavy (non-hydrogen) atoms. The van der Waals surface area contributed by atoms with Gasteiger partial charge in [-0.1, -0.05) is 6.42 Å². The normalized spacial score (nSPS) is 19.7. The topological polar surface area (TPSA) is 118 Å². The molecule has 1 rings (SSSR count). The molecular weight excluding hydrogens is 392 g/mol. The molecule has 0 radical (unpaired) electrons. The summed E-state index contributed by atoms with van der Waals surface area (Å²) in [4.78, 5) is 0. The molecule has 0 aromatic rings. The van der Waals surface area contributed by atoms with E-state index in [2.05, 4.69) is 0 Å². The van der Waals surface area contributed by atoms with Gasteiger partial charge in [-0.05, 0) is 12.8 Å². The summed E-state index contributed by atoms with van der Waals surface area (Å²) in [6.45, 7) is -0.929. The molecule has 1 aliphatic rings. The average Bonchev–Trinajstić information content (AvgIpc) is 2.36. The molecule has 0 aliphatic carbocycles. The summed E-state index contributed by atoms with van der Waals surface area (Å²) in [5.74, 6) is 0. The lowest BCUT2D eigenvalue weighted by molar-refractivity contribution is -0.100. The SMILES string of the molecule is CS(=O)(=O)NS(=O)(=O)C(F)(F)C(F)(F)S(=O)(=O)N1CCCCC1. The van der Waals surface area contributed by atoms with E-state index in [-0.39, 0.29) is 23.4 Å². The molecule has 1 aliphatic heterocycles. The molecule has 0 atom stereocenters. The lowest BCUT2D eigenvalue weighted by Crippen LogP contribution is -2.60. The Morgan fingerprint density at radius 1 is 0.826 bits per heavy atom. The van der Waals surface area contributed by atoms with Gasteiger partial charge in [0.15, 0.2) is 0 Å². The third-order valence-electron chi connectivity index (χ3n) is 2.92. The Kier molecular flexibility index (Phi) is 5.44. The number of rotatable bonds is 6. The van der Waals surface area contributed by atoms with Crippen LogP contribution in [0.3, 0.4) is 0 Å². The quantitative estimate of drug-likeness (QED) is 0.614. The lowest BCUT2D eigenvalue weighted by atomic mass is 10.2. The molecule has 0 bridgehead atoms. The van der Waals surface area contributed by atoms with Crippen molar-refractivity contribution in [2.24, 2.45) is 0 Å². The van der Waals surface area contributed by atoms with Gasteiger partial charge < -0.3 is 0 Å². The average molecular weight is 406 g/mol. The second-order valence-electron chi connectivity index (χ2n) is 4.86. The fourth-order valence-electron chi connectivity index (χ4n) is 1.83. The van der Waals surface area contributed by atoms with Crippen LogP contribution in [0.15, 0.2) is 0 Å². The van der Waals surface area contributed by atoms with Crippen LogP contribution >= 0.6 is 0 Å². The van der Waals surface area contributed by atoms with Crippen molar-refractivity contribution in [3.05, 3.63) is 0 Å². The van der Waals surface area contributed by atoms with Crippen LogP contribution in [0.1, 0.15) is 19.3 Å². The van der Waals surface area contributed by atoms with Crippen LogP contribution in [-0.4, -0.2) is 59.4 Å². The third-order valence-corrected chi connectivity index (χ3v) is 8.01. The van der Waals surface area contributed by atoms with Gasteiger partial charge in [0.2, 0.25) is 10.0 Å². The number of hydrogen-bond acceptors (Lipinski definition) is 6. The van der Waals surface area contributed by atoms with E-state index in [9.17, 15) is 42.8 Å². The highest BCUT2D eigenvalue weighted by atomic mass is 32.3. The lowest BCUT2D eigenvalue weighted by Gasteiger charge is -2.32. The van der Waals surface area contributed by atoms with Crippen LogP contribution in [0, 0.1) is 0 Å². The Morgan fingerprint density at radius 3 is 1.65 bits per heavy atom. The first kappa shape index (κ1) is 20.5. The summed E-state index contributed by atoms with van der Waals surface area (Å²) in [5, 5.41) is -12.2. The van der Waals surface area contributed by atoms with E-state index < -0.39 is 53.7 Å². The maximum absolute atomic E-state index is 13.8. The van der Waals surface area contributed by atoms with E-state index >= 15 is 0 Å². The molecule has 1 fully saturated rings. The molecule has 138 valence electrons. The van der Waals surface area contributed by atoms with Crippen molar-refractivity contribution in [2.45, 2.75) is 29.8 Å². The molecule has 0 aromatic carbocycles. The van der Waals surface area contributed by atoms with Crippen LogP contribution in [0.2, 0.25) is 0 Å². The minimum absolute atomic E-state index is 0.0698. The van der Waals surface area contributed by atoms with Gasteiger partial charge in [-0.3, -0.25) is 0 Å². The maximum Gasteiger partial charge on any atom is 0.438 e. The Morgan fingerprint density at radius 2 is 1.26 bits per heavy atom. The molecule has 1 saturated heterocycles. The third kappa shape index (κ3) is 3.78. The first-order chi connectivity index (χ1) is 10.1. The Hall–Kier alpha value is -0.510. The van der Waals surface area contributed by atoms with Gasteiger partial charge in [-0.15, -0.1) is 4.13 Å². The van der Waals surface area contributed by atoms with Crippen molar-refractivity contribution in [1.29, 1.82) is 0 Å². The largest absolute Gasteiger partial charge is 0.438 e. The molecule has 0 unspecified atom stereocenters. The number of nitrogens with one attached hydrogen (secondary N) is 1. The fourth-order valence-corrected chi connectivity index (χ4v) is 6.16. The number of halogens is 4. The number of alkyl halides is 4. The van der Waals surface area contributed by atoms with Crippen molar-refractivity contribution in [3.63, 3.8) is 0 Å². The predicted octanol–water partition coefficient (Wildman–Crippen LogP) is -0.133. The van der Waals surface area contributed by atoms with Crippen molar-refractivity contribution >= 4 is 30.1 Å². The van der Waals surface area contributed by atoms with E-state index in [1.165, 1.54) is 0 Å². The summed E-state index contributed by atoms with van der Waals surface area (Å²) in [5.41, 5.74) is 0. The van der Waals surface area contributed by atoms with Crippen molar-refractivity contribution in [2.75, 3.05) is 19.3 Å². The fraction of sp³-hybridized carbons (Fsp3) is 1.00. The summed E-state index contributed by atoms with van der Waals surface area (Å²) in [6, 6.07) is 0. The molecule has 0 spiro atoms. The molecule has 0 amide bonds. The number of piperidine rings is 1. The van der Waals surface area contributed by atoms with Crippen LogP contribution in [0.25, 0.3) is 0 Å². The van der Waals surface area contributed by atoms with Gasteiger partial charge in [0.05, 0.1) is 6.26 Å². The Labute approximate surface area is 131 Å². The predicted molar refractivity (Wildman–Crippen MR) is 71.1 cm³/mol. The molecule has 0 aromatic heterocycles. The van der Waals surface area contributed by atoms with E-state index in [1.54, 1.807) is 0 Å². The van der Waals surface area contributed by atoms with Gasteiger partial charge >= 0.3 is 10.5 Å². The van der Waals surface area contributed by atoms with Crippen LogP contribution in [0.5, 0.6) is 0 Å². The minimum atomic E-state index is -6.52. The maximum atomic E-state index is 13.8. The van der Waals surface area contributed by atoms with Crippen LogP contribution < -0.4 is 4.13 Å². The van der Waals surface area contributed by atoms with Crippen molar-refractivity contribution < 1.29 is 42.8 Å². The van der Waals surface area contributed by atoms with E-state index in [0.717, 1.165) is 0 Å². The number of sulfonamides is 3. The first-order valence-corrected chi connectivity index (χ1v) is 10.9. The first-order valence-electron chi connectivity index (χ1n) is 6.05. The summed E-state index contributed by atoms with van der Waals surface area (Å²) in [7, 11) is -17.4. The van der Waals surface area contributed by atoms with Gasteiger partial charge in [-0.2, -0.15) is 21.9 Å². The Balaban J connectivity index is 3.33. The number of hydrogen-bond donors (Lipinski definition) is 1. The van der Waals surface area contributed by atoms with E-state index in [0.29, 0.717) is 10.5 Å². The highest BCUT2D eigenvalue weighted by Crippen LogP contribution is 2.44. The summed E-state index contributed by atoms with van der Waals surface area (Å²) in [6.07, 6.45) is 0.935. The van der Waals surface area contributed by atoms with Gasteiger partial charge in [0.25, 0.3) is 20.0 Å². The van der Waals surface area contributed by atoms with E-state index in [1.807, 2.05) is 0 Å². The molecular formula is C8H14F4N2O6S3. The minimum Gasteiger partial charge on any atom is -0.212 e. The van der Waals surface area contributed by atoms with Crippen LogP contribution in [-0.2, 0) is 30.1 Å². The van der Waals surface area contributed by atoms with Crippen molar-refractivity contribution in [3.8, 4) is 0 Å². The molecule has 1 heterocycles. The second-order valence-corrected chi connectivity index (χ2v) is 10.6. The summed E-state index contributed by atoms with van der Waals surface area (Å²) >= 11 is 0. The molecule has 0 saturated carbocycles.